The Hall–Kier alpha value is -4.92. The molecule has 1 saturated carbocycles. The van der Waals surface area contributed by atoms with E-state index in [9.17, 15) is 19.2 Å². The van der Waals surface area contributed by atoms with Gasteiger partial charge >= 0.3 is 11.9 Å². The summed E-state index contributed by atoms with van der Waals surface area (Å²) in [6.07, 6.45) is 35.6. The highest BCUT2D eigenvalue weighted by Crippen LogP contribution is 2.53. The van der Waals surface area contributed by atoms with Crippen LogP contribution < -0.4 is 23.8 Å². The molecule has 1 saturated heterocycles. The van der Waals surface area contributed by atoms with E-state index in [1.807, 2.05) is 12.2 Å². The lowest BCUT2D eigenvalue weighted by Gasteiger charge is -2.21. The van der Waals surface area contributed by atoms with Gasteiger partial charge in [0.1, 0.15) is 23.0 Å². The van der Waals surface area contributed by atoms with Crippen molar-refractivity contribution in [3.8, 4) is 23.0 Å². The molecule has 0 aromatic heterocycles. The minimum atomic E-state index is -0.757. The smallest absolute Gasteiger partial charge is 0.345 e. The Bertz CT molecular complexity index is 1960. The fourth-order valence-electron chi connectivity index (χ4n) is 9.96. The summed E-state index contributed by atoms with van der Waals surface area (Å²) in [5.74, 6) is -1.24. The van der Waals surface area contributed by atoms with Gasteiger partial charge in [-0.1, -0.05) is 167 Å². The van der Waals surface area contributed by atoms with Crippen LogP contribution in [-0.2, 0) is 9.59 Å². The first-order valence-electron chi connectivity index (χ1n) is 26.0. The Kier molecular flexibility index (Phi) is 21.2. The molecule has 2 fully saturated rings. The number of anilines is 1. The van der Waals surface area contributed by atoms with Gasteiger partial charge in [-0.3, -0.25) is 9.59 Å². The van der Waals surface area contributed by atoms with Gasteiger partial charge in [0.15, 0.2) is 0 Å². The fourth-order valence-corrected chi connectivity index (χ4v) is 9.96. The van der Waals surface area contributed by atoms with Gasteiger partial charge in [0.05, 0.1) is 41.9 Å². The monoisotopic (exact) mass is 904 g/mol. The fraction of sp³-hybridized carbons (Fsp3) is 0.579. The summed E-state index contributed by atoms with van der Waals surface area (Å²) in [7, 11) is 0. The van der Waals surface area contributed by atoms with Crippen molar-refractivity contribution in [1.29, 1.82) is 0 Å². The maximum Gasteiger partial charge on any atom is 0.345 e. The summed E-state index contributed by atoms with van der Waals surface area (Å²) in [4.78, 5) is 56.5. The zero-order valence-corrected chi connectivity index (χ0v) is 40.1. The Morgan fingerprint density at radius 3 is 1.24 bits per heavy atom. The number of ether oxygens (including phenoxy) is 4. The highest BCUT2D eigenvalue weighted by atomic mass is 16.5. The molecule has 66 heavy (non-hydrogen) atoms. The van der Waals surface area contributed by atoms with Gasteiger partial charge in [0.2, 0.25) is 11.8 Å². The molecule has 358 valence electrons. The molecule has 2 amide bonds. The molecular formula is C57H77NO8. The van der Waals surface area contributed by atoms with Crippen molar-refractivity contribution in [2.75, 3.05) is 18.1 Å². The number of amides is 2. The van der Waals surface area contributed by atoms with E-state index in [-0.39, 0.29) is 46.2 Å². The van der Waals surface area contributed by atoms with Crippen LogP contribution in [0.5, 0.6) is 23.0 Å². The molecule has 3 aromatic rings. The number of allylic oxidation sites excluding steroid dienone is 2. The van der Waals surface area contributed by atoms with Crippen LogP contribution in [0.1, 0.15) is 195 Å². The van der Waals surface area contributed by atoms with Crippen LogP contribution in [0.4, 0.5) is 5.69 Å². The number of hydrogen-bond donors (Lipinski definition) is 0. The lowest BCUT2D eigenvalue weighted by Crippen LogP contribution is -2.34. The van der Waals surface area contributed by atoms with Crippen molar-refractivity contribution < 1.29 is 38.1 Å². The number of fused-ring (bicyclic) bond motifs is 5. The van der Waals surface area contributed by atoms with E-state index >= 15 is 0 Å². The van der Waals surface area contributed by atoms with Gasteiger partial charge in [-0.15, -0.1) is 0 Å². The van der Waals surface area contributed by atoms with Crippen LogP contribution in [0.3, 0.4) is 0 Å². The molecule has 1 heterocycles. The van der Waals surface area contributed by atoms with Gasteiger partial charge in [-0.25, -0.2) is 14.5 Å². The van der Waals surface area contributed by atoms with E-state index in [2.05, 4.69) is 13.8 Å². The van der Waals surface area contributed by atoms with Gasteiger partial charge in [-0.05, 0) is 97.8 Å². The predicted octanol–water partition coefficient (Wildman–Crippen LogP) is 14.6. The van der Waals surface area contributed by atoms with Gasteiger partial charge < -0.3 is 18.9 Å². The largest absolute Gasteiger partial charge is 0.494 e. The molecule has 4 unspecified atom stereocenters. The van der Waals surface area contributed by atoms with E-state index in [4.69, 9.17) is 18.9 Å². The average Bonchev–Trinajstić information content (AvgIpc) is 4.03. The van der Waals surface area contributed by atoms with Gasteiger partial charge in [0, 0.05) is 0 Å². The summed E-state index contributed by atoms with van der Waals surface area (Å²) in [6.45, 7) is 5.76. The highest BCUT2D eigenvalue weighted by molar-refractivity contribution is 6.25. The first-order chi connectivity index (χ1) is 32.4. The third-order valence-corrected chi connectivity index (χ3v) is 13.8. The number of benzene rings is 3. The molecule has 3 aromatic carbocycles. The van der Waals surface area contributed by atoms with Crippen molar-refractivity contribution in [2.24, 2.45) is 23.7 Å². The normalized spacial score (nSPS) is 18.2. The zero-order chi connectivity index (χ0) is 46.4. The second-order valence-corrected chi connectivity index (χ2v) is 18.9. The van der Waals surface area contributed by atoms with Crippen molar-refractivity contribution in [3.63, 3.8) is 0 Å². The number of carbonyl (C=O) groups is 4. The summed E-state index contributed by atoms with van der Waals surface area (Å²) in [6, 6.07) is 18.0. The van der Waals surface area contributed by atoms with E-state index in [0.717, 1.165) is 37.0 Å². The molecule has 0 radical (unpaired) electrons. The van der Waals surface area contributed by atoms with Crippen LogP contribution >= 0.6 is 0 Å². The molecule has 0 spiro atoms. The van der Waals surface area contributed by atoms with Crippen LogP contribution in [0.2, 0.25) is 0 Å². The number of rotatable bonds is 33. The SMILES string of the molecule is CCCCCCCCCCCCCCOc1ccc(OC(=O)c2ccc(C(=O)Oc3ccc(OCCCCCCCCCCCCCC)cc3)c(N3C(=O)C4C5C=CC(C5)C4C3=O)c2)cc1. The zero-order valence-electron chi connectivity index (χ0n) is 40.1. The molecule has 1 aliphatic heterocycles. The Morgan fingerprint density at radius 1 is 0.470 bits per heavy atom. The quantitative estimate of drug-likeness (QED) is 0.0195. The number of nitrogens with zero attached hydrogens (tertiary/aromatic N) is 1. The summed E-state index contributed by atoms with van der Waals surface area (Å²) in [5, 5.41) is 0. The van der Waals surface area contributed by atoms with Crippen molar-refractivity contribution in [3.05, 3.63) is 90.0 Å². The summed E-state index contributed by atoms with van der Waals surface area (Å²) >= 11 is 0. The third-order valence-electron chi connectivity index (χ3n) is 13.8. The molecule has 9 nitrogen and oxygen atoms in total. The molecule has 6 rings (SSSR count). The standard InChI is InChI=1S/C57H77NO8/c1-3-5-7-9-11-13-15-17-19-21-23-25-39-63-46-30-34-48(35-31-46)65-56(61)45-29-38-50(51(42-45)58-54(59)52-43-27-28-44(41-43)53(52)55(58)60)57(62)66-49-36-32-47(33-37-49)64-40-26-24-22-20-18-16-14-12-10-8-6-4-2/h27-38,42-44,52-53H,3-26,39-41H2,1-2H3. The van der Waals surface area contributed by atoms with E-state index in [1.54, 1.807) is 48.5 Å². The third kappa shape index (κ3) is 15.0. The summed E-state index contributed by atoms with van der Waals surface area (Å²) < 4.78 is 23.4. The summed E-state index contributed by atoms with van der Waals surface area (Å²) in [5.41, 5.74) is 0.0972. The molecule has 4 atom stereocenters. The number of hydrogen-bond acceptors (Lipinski definition) is 8. The lowest BCUT2D eigenvalue weighted by atomic mass is 9.85. The second-order valence-electron chi connectivity index (χ2n) is 18.9. The van der Waals surface area contributed by atoms with Crippen LogP contribution in [0.25, 0.3) is 0 Å². The molecule has 0 N–H and O–H groups in total. The number of imide groups is 1. The van der Waals surface area contributed by atoms with Gasteiger partial charge in [-0.2, -0.15) is 0 Å². The Balaban J connectivity index is 0.975. The maximum absolute atomic E-state index is 14.0. The van der Waals surface area contributed by atoms with E-state index < -0.39 is 23.8 Å². The topological polar surface area (TPSA) is 108 Å². The Labute approximate surface area is 395 Å². The van der Waals surface area contributed by atoms with E-state index in [1.165, 1.54) is 147 Å². The van der Waals surface area contributed by atoms with Crippen molar-refractivity contribution in [1.82, 2.24) is 0 Å². The minimum absolute atomic E-state index is 0.00417. The van der Waals surface area contributed by atoms with E-state index in [0.29, 0.717) is 30.5 Å². The van der Waals surface area contributed by atoms with Crippen molar-refractivity contribution >= 4 is 29.4 Å². The average molecular weight is 904 g/mol. The van der Waals surface area contributed by atoms with Crippen LogP contribution in [0.15, 0.2) is 78.9 Å². The molecule has 2 aliphatic carbocycles. The first-order valence-corrected chi connectivity index (χ1v) is 26.0. The highest BCUT2D eigenvalue weighted by Gasteiger charge is 2.60. The molecule has 2 bridgehead atoms. The number of carbonyl (C=O) groups excluding carboxylic acids is 4. The maximum atomic E-state index is 14.0. The van der Waals surface area contributed by atoms with Crippen LogP contribution in [-0.4, -0.2) is 37.0 Å². The Morgan fingerprint density at radius 2 is 0.833 bits per heavy atom. The first kappa shape index (κ1) is 50.5. The molecule has 3 aliphatic rings. The number of esters is 2. The molecular weight excluding hydrogens is 827 g/mol. The van der Waals surface area contributed by atoms with Crippen molar-refractivity contribution in [2.45, 2.75) is 174 Å². The predicted molar refractivity (Wildman–Crippen MR) is 263 cm³/mol. The van der Waals surface area contributed by atoms with Crippen LogP contribution in [0, 0.1) is 23.7 Å². The number of unbranched alkanes of at least 4 members (excludes halogenated alkanes) is 22. The lowest BCUT2D eigenvalue weighted by molar-refractivity contribution is -0.123. The van der Waals surface area contributed by atoms with Gasteiger partial charge in [0.25, 0.3) is 0 Å². The minimum Gasteiger partial charge on any atom is -0.494 e. The second kappa shape index (κ2) is 27.7. The molecule has 9 heteroatoms.